The quantitative estimate of drug-likeness (QED) is 0.839. The molecule has 0 aromatic rings. The molecule has 0 bridgehead atoms. The second kappa shape index (κ2) is 5.89. The summed E-state index contributed by atoms with van der Waals surface area (Å²) in [7, 11) is 0. The molecule has 2 heterocycles. The second-order valence-electron chi connectivity index (χ2n) is 6.32. The zero-order valence-corrected chi connectivity index (χ0v) is 11.5. The molecule has 2 aliphatic heterocycles. The van der Waals surface area contributed by atoms with E-state index in [0.717, 1.165) is 37.9 Å². The van der Waals surface area contributed by atoms with Crippen molar-refractivity contribution in [3.8, 4) is 0 Å². The highest BCUT2D eigenvalue weighted by atomic mass is 16.7. The van der Waals surface area contributed by atoms with E-state index in [1.54, 1.807) is 0 Å². The Labute approximate surface area is 111 Å². The van der Waals surface area contributed by atoms with Gasteiger partial charge in [0, 0.05) is 12.8 Å². The maximum atomic E-state index is 5.79. The molecule has 0 atom stereocenters. The van der Waals surface area contributed by atoms with Gasteiger partial charge in [-0.1, -0.05) is 12.8 Å². The fourth-order valence-corrected chi connectivity index (χ4v) is 3.83. The lowest BCUT2D eigenvalue weighted by Crippen LogP contribution is -2.35. The molecule has 0 aromatic carbocycles. The molecule has 18 heavy (non-hydrogen) atoms. The largest absolute Gasteiger partial charge is 0.348 e. The summed E-state index contributed by atoms with van der Waals surface area (Å²) in [4.78, 5) is 0. The van der Waals surface area contributed by atoms with Gasteiger partial charge in [-0.3, -0.25) is 0 Å². The van der Waals surface area contributed by atoms with Gasteiger partial charge in [-0.15, -0.1) is 0 Å². The third kappa shape index (κ3) is 3.06. The Morgan fingerprint density at radius 1 is 0.833 bits per heavy atom. The first-order chi connectivity index (χ1) is 8.86. The minimum absolute atomic E-state index is 0.161. The standard InChI is InChI=1S/C15H27NO2/c1(2-14-5-9-16-10-6-14)13-3-7-15(8-4-13)17-11-12-18-15/h13-14,16H,1-12H2. The van der Waals surface area contributed by atoms with Crippen molar-refractivity contribution in [1.29, 1.82) is 0 Å². The van der Waals surface area contributed by atoms with Gasteiger partial charge in [-0.25, -0.2) is 0 Å². The Morgan fingerprint density at radius 3 is 2.00 bits per heavy atom. The van der Waals surface area contributed by atoms with Gasteiger partial charge < -0.3 is 14.8 Å². The molecule has 3 rings (SSSR count). The van der Waals surface area contributed by atoms with Gasteiger partial charge >= 0.3 is 0 Å². The molecule has 3 aliphatic rings. The zero-order valence-electron chi connectivity index (χ0n) is 11.5. The summed E-state index contributed by atoms with van der Waals surface area (Å²) in [5.41, 5.74) is 0. The van der Waals surface area contributed by atoms with Gasteiger partial charge in [0.15, 0.2) is 5.79 Å². The molecule has 1 spiro atoms. The number of hydrogen-bond acceptors (Lipinski definition) is 3. The van der Waals surface area contributed by atoms with Crippen molar-refractivity contribution in [2.75, 3.05) is 26.3 Å². The van der Waals surface area contributed by atoms with Crippen LogP contribution in [0.4, 0.5) is 0 Å². The minimum atomic E-state index is -0.161. The lowest BCUT2D eigenvalue weighted by molar-refractivity contribution is -0.182. The summed E-state index contributed by atoms with van der Waals surface area (Å²) in [6.45, 7) is 4.08. The van der Waals surface area contributed by atoms with Crippen LogP contribution in [-0.4, -0.2) is 32.1 Å². The summed E-state index contributed by atoms with van der Waals surface area (Å²) in [5, 5.41) is 3.45. The summed E-state index contributed by atoms with van der Waals surface area (Å²) in [6.07, 6.45) is 10.5. The monoisotopic (exact) mass is 253 g/mol. The van der Waals surface area contributed by atoms with Crippen LogP contribution in [0.3, 0.4) is 0 Å². The first-order valence-electron chi connectivity index (χ1n) is 7.85. The van der Waals surface area contributed by atoms with Crippen LogP contribution in [0, 0.1) is 11.8 Å². The third-order valence-corrected chi connectivity index (χ3v) is 5.12. The van der Waals surface area contributed by atoms with Gasteiger partial charge in [0.05, 0.1) is 13.2 Å². The van der Waals surface area contributed by atoms with Gasteiger partial charge in [0.1, 0.15) is 0 Å². The van der Waals surface area contributed by atoms with Crippen molar-refractivity contribution in [2.24, 2.45) is 11.8 Å². The van der Waals surface area contributed by atoms with E-state index in [1.807, 2.05) is 0 Å². The van der Waals surface area contributed by atoms with Crippen molar-refractivity contribution in [2.45, 2.75) is 57.2 Å². The Hall–Kier alpha value is -0.120. The third-order valence-electron chi connectivity index (χ3n) is 5.12. The van der Waals surface area contributed by atoms with Crippen LogP contribution in [0.1, 0.15) is 51.4 Å². The van der Waals surface area contributed by atoms with Crippen molar-refractivity contribution < 1.29 is 9.47 Å². The van der Waals surface area contributed by atoms with Crippen LogP contribution in [0.5, 0.6) is 0 Å². The average Bonchev–Trinajstić information content (AvgIpc) is 2.88. The van der Waals surface area contributed by atoms with Crippen molar-refractivity contribution >= 4 is 0 Å². The summed E-state index contributed by atoms with van der Waals surface area (Å²) >= 11 is 0. The van der Waals surface area contributed by atoms with E-state index in [4.69, 9.17) is 9.47 Å². The fourth-order valence-electron chi connectivity index (χ4n) is 3.83. The van der Waals surface area contributed by atoms with E-state index in [0.29, 0.717) is 0 Å². The normalized spacial score (nSPS) is 30.0. The van der Waals surface area contributed by atoms with Crippen molar-refractivity contribution in [1.82, 2.24) is 5.32 Å². The topological polar surface area (TPSA) is 30.5 Å². The van der Waals surface area contributed by atoms with Crippen LogP contribution in [0.15, 0.2) is 0 Å². The van der Waals surface area contributed by atoms with E-state index in [1.165, 1.54) is 51.6 Å². The van der Waals surface area contributed by atoms with Crippen LogP contribution < -0.4 is 5.32 Å². The highest BCUT2D eigenvalue weighted by Gasteiger charge is 2.40. The molecule has 3 heteroatoms. The Balaban J connectivity index is 1.37. The predicted octanol–water partition coefficient (Wildman–Crippen LogP) is 2.70. The lowest BCUT2D eigenvalue weighted by Gasteiger charge is -2.36. The van der Waals surface area contributed by atoms with Gasteiger partial charge in [-0.05, 0) is 50.6 Å². The van der Waals surface area contributed by atoms with Crippen LogP contribution in [-0.2, 0) is 9.47 Å². The first kappa shape index (κ1) is 12.9. The second-order valence-corrected chi connectivity index (χ2v) is 6.32. The molecule has 1 N–H and O–H groups in total. The van der Waals surface area contributed by atoms with E-state index in [2.05, 4.69) is 5.32 Å². The maximum absolute atomic E-state index is 5.79. The van der Waals surface area contributed by atoms with Crippen molar-refractivity contribution in [3.05, 3.63) is 0 Å². The molecule has 1 saturated carbocycles. The minimum Gasteiger partial charge on any atom is -0.348 e. The number of nitrogens with one attached hydrogen (secondary N) is 1. The number of piperidine rings is 1. The lowest BCUT2D eigenvalue weighted by atomic mass is 9.80. The van der Waals surface area contributed by atoms with Gasteiger partial charge in [0.25, 0.3) is 0 Å². The molecular weight excluding hydrogens is 226 g/mol. The summed E-state index contributed by atoms with van der Waals surface area (Å²) in [5.74, 6) is 1.75. The molecule has 3 nitrogen and oxygen atoms in total. The number of ether oxygens (including phenoxy) is 2. The summed E-state index contributed by atoms with van der Waals surface area (Å²) < 4.78 is 11.6. The highest BCUT2D eigenvalue weighted by molar-refractivity contribution is 4.83. The molecule has 0 aromatic heterocycles. The van der Waals surface area contributed by atoms with Crippen molar-refractivity contribution in [3.63, 3.8) is 0 Å². The van der Waals surface area contributed by atoms with E-state index in [-0.39, 0.29) is 5.79 Å². The SMILES string of the molecule is C1CC(CCC2CCC3(CC2)OCCO3)CCN1. The average molecular weight is 253 g/mol. The smallest absolute Gasteiger partial charge is 0.168 e. The first-order valence-corrected chi connectivity index (χ1v) is 7.85. The molecule has 0 radical (unpaired) electrons. The predicted molar refractivity (Wildman–Crippen MR) is 71.4 cm³/mol. The number of hydrogen-bond donors (Lipinski definition) is 1. The Morgan fingerprint density at radius 2 is 1.39 bits per heavy atom. The van der Waals surface area contributed by atoms with Crippen LogP contribution in [0.2, 0.25) is 0 Å². The zero-order chi connectivity index (χ0) is 12.3. The molecule has 2 saturated heterocycles. The van der Waals surface area contributed by atoms with E-state index < -0.39 is 0 Å². The fraction of sp³-hybridized carbons (Fsp3) is 1.00. The highest BCUT2D eigenvalue weighted by Crippen LogP contribution is 2.40. The Bertz CT molecular complexity index is 247. The molecule has 104 valence electrons. The molecule has 0 amide bonds. The van der Waals surface area contributed by atoms with Gasteiger partial charge in [-0.2, -0.15) is 0 Å². The molecule has 3 fully saturated rings. The van der Waals surface area contributed by atoms with Crippen LogP contribution >= 0.6 is 0 Å². The maximum Gasteiger partial charge on any atom is 0.168 e. The molecule has 1 aliphatic carbocycles. The number of rotatable bonds is 3. The van der Waals surface area contributed by atoms with E-state index in [9.17, 15) is 0 Å². The molecule has 0 unspecified atom stereocenters. The molecular formula is C15H27NO2. The van der Waals surface area contributed by atoms with E-state index >= 15 is 0 Å². The van der Waals surface area contributed by atoms with Gasteiger partial charge in [0.2, 0.25) is 0 Å². The van der Waals surface area contributed by atoms with Crippen LogP contribution in [0.25, 0.3) is 0 Å². The summed E-state index contributed by atoms with van der Waals surface area (Å²) in [6, 6.07) is 0. The Kier molecular flexibility index (Phi) is 4.22.